The second kappa shape index (κ2) is 5.26. The van der Waals surface area contributed by atoms with Gasteiger partial charge in [-0.25, -0.2) is 9.18 Å². The molecule has 5 nitrogen and oxygen atoms in total. The third-order valence-electron chi connectivity index (χ3n) is 3.09. The summed E-state index contributed by atoms with van der Waals surface area (Å²) in [7, 11) is 0. The molecule has 1 aromatic rings. The Morgan fingerprint density at radius 3 is 2.63 bits per heavy atom. The van der Waals surface area contributed by atoms with Crippen molar-refractivity contribution in [3.8, 4) is 0 Å². The predicted molar refractivity (Wildman–Crippen MR) is 69.3 cm³/mol. The van der Waals surface area contributed by atoms with Crippen molar-refractivity contribution < 1.29 is 14.0 Å². The lowest BCUT2D eigenvalue weighted by atomic mass is 10.1. The molecule has 6 heteroatoms. The maximum absolute atomic E-state index is 13.3. The van der Waals surface area contributed by atoms with E-state index in [1.165, 1.54) is 13.0 Å². The van der Waals surface area contributed by atoms with E-state index in [9.17, 15) is 14.0 Å². The van der Waals surface area contributed by atoms with Gasteiger partial charge in [-0.15, -0.1) is 0 Å². The van der Waals surface area contributed by atoms with E-state index < -0.39 is 6.03 Å². The molecule has 19 heavy (non-hydrogen) atoms. The van der Waals surface area contributed by atoms with Crippen molar-refractivity contribution in [1.29, 1.82) is 0 Å². The molecule has 3 amide bonds. The Morgan fingerprint density at radius 1 is 1.37 bits per heavy atom. The molecule has 0 radical (unpaired) electrons. The monoisotopic (exact) mass is 265 g/mol. The highest BCUT2D eigenvalue weighted by atomic mass is 19.1. The van der Waals surface area contributed by atoms with Crippen LogP contribution in [0.25, 0.3) is 0 Å². The Morgan fingerprint density at radius 2 is 2.05 bits per heavy atom. The fourth-order valence-electron chi connectivity index (χ4n) is 1.85. The van der Waals surface area contributed by atoms with Crippen molar-refractivity contribution in [3.05, 3.63) is 29.6 Å². The van der Waals surface area contributed by atoms with Gasteiger partial charge in [0.2, 0.25) is 5.91 Å². The smallest absolute Gasteiger partial charge is 0.319 e. The number of carbonyl (C=O) groups excluding carboxylic acids is 2. The molecular weight excluding hydrogens is 249 g/mol. The quantitative estimate of drug-likeness (QED) is 0.851. The number of aryl methyl sites for hydroxylation is 1. The molecule has 0 spiro atoms. The third-order valence-corrected chi connectivity index (χ3v) is 3.09. The van der Waals surface area contributed by atoms with Gasteiger partial charge in [0.1, 0.15) is 5.82 Å². The van der Waals surface area contributed by atoms with Crippen LogP contribution in [-0.2, 0) is 4.79 Å². The van der Waals surface area contributed by atoms with Crippen LogP contribution in [0.3, 0.4) is 0 Å². The standard InChI is InChI=1S/C13H16FN3O2/c1-8-3-4-10(5-12(8)14)15-13(19)16-11-6-17(7-11)9(2)18/h3-5,11H,6-7H2,1-2H3,(H2,15,16,19). The fraction of sp³-hybridized carbons (Fsp3) is 0.385. The van der Waals surface area contributed by atoms with Gasteiger partial charge in [0.05, 0.1) is 6.04 Å². The van der Waals surface area contributed by atoms with Crippen LogP contribution in [0, 0.1) is 12.7 Å². The van der Waals surface area contributed by atoms with Gasteiger partial charge in [-0.05, 0) is 24.6 Å². The van der Waals surface area contributed by atoms with Crippen LogP contribution in [0.1, 0.15) is 12.5 Å². The molecule has 1 aliphatic rings. The number of carbonyl (C=O) groups is 2. The lowest BCUT2D eigenvalue weighted by molar-refractivity contribution is -0.133. The Balaban J connectivity index is 1.82. The molecule has 1 fully saturated rings. The lowest BCUT2D eigenvalue weighted by Gasteiger charge is -2.38. The number of nitrogens with one attached hydrogen (secondary N) is 2. The number of rotatable bonds is 2. The number of hydrogen-bond donors (Lipinski definition) is 2. The van der Waals surface area contributed by atoms with Crippen molar-refractivity contribution in [1.82, 2.24) is 10.2 Å². The molecule has 0 aromatic heterocycles. The van der Waals surface area contributed by atoms with Gasteiger partial charge in [0.25, 0.3) is 0 Å². The molecule has 102 valence electrons. The minimum Gasteiger partial charge on any atom is -0.339 e. The second-order valence-corrected chi connectivity index (χ2v) is 4.68. The highest BCUT2D eigenvalue weighted by Crippen LogP contribution is 2.14. The van der Waals surface area contributed by atoms with Crippen LogP contribution >= 0.6 is 0 Å². The minimum atomic E-state index is -0.392. The van der Waals surface area contributed by atoms with Crippen molar-refractivity contribution in [2.75, 3.05) is 18.4 Å². The van der Waals surface area contributed by atoms with Crippen LogP contribution < -0.4 is 10.6 Å². The van der Waals surface area contributed by atoms with Crippen molar-refractivity contribution in [2.24, 2.45) is 0 Å². The van der Waals surface area contributed by atoms with Crippen molar-refractivity contribution in [2.45, 2.75) is 19.9 Å². The summed E-state index contributed by atoms with van der Waals surface area (Å²) in [6.07, 6.45) is 0. The number of amides is 3. The van der Waals surface area contributed by atoms with Gasteiger partial charge in [-0.2, -0.15) is 0 Å². The normalized spacial score (nSPS) is 14.8. The Bertz CT molecular complexity index is 513. The van der Waals surface area contributed by atoms with Crippen LogP contribution in [0.2, 0.25) is 0 Å². The van der Waals surface area contributed by atoms with Crippen molar-refractivity contribution in [3.63, 3.8) is 0 Å². The summed E-state index contributed by atoms with van der Waals surface area (Å²) in [6, 6.07) is 4.08. The number of urea groups is 1. The number of likely N-dealkylation sites (tertiary alicyclic amines) is 1. The summed E-state index contributed by atoms with van der Waals surface area (Å²) in [4.78, 5) is 24.2. The van der Waals surface area contributed by atoms with E-state index in [1.54, 1.807) is 24.0 Å². The van der Waals surface area contributed by atoms with E-state index >= 15 is 0 Å². The summed E-state index contributed by atoms with van der Waals surface area (Å²) in [5, 5.41) is 5.28. The topological polar surface area (TPSA) is 61.4 Å². The molecule has 0 aliphatic carbocycles. The minimum absolute atomic E-state index is 0.000867. The Kier molecular flexibility index (Phi) is 3.69. The third kappa shape index (κ3) is 3.21. The maximum atomic E-state index is 13.3. The van der Waals surface area contributed by atoms with Crippen LogP contribution in [0.5, 0.6) is 0 Å². The van der Waals surface area contributed by atoms with Gasteiger partial charge in [-0.1, -0.05) is 6.07 Å². The van der Waals surface area contributed by atoms with E-state index in [-0.39, 0.29) is 17.8 Å². The first-order valence-corrected chi connectivity index (χ1v) is 6.05. The van der Waals surface area contributed by atoms with E-state index in [1.807, 2.05) is 0 Å². The van der Waals surface area contributed by atoms with Gasteiger partial charge in [0.15, 0.2) is 0 Å². The van der Waals surface area contributed by atoms with Crippen molar-refractivity contribution >= 4 is 17.6 Å². The molecule has 0 unspecified atom stereocenters. The summed E-state index contributed by atoms with van der Waals surface area (Å²) in [6.45, 7) is 4.19. The number of benzene rings is 1. The van der Waals surface area contributed by atoms with Gasteiger partial charge in [0, 0.05) is 25.7 Å². The molecule has 0 saturated carbocycles. The number of nitrogens with zero attached hydrogens (tertiary/aromatic N) is 1. The zero-order valence-corrected chi connectivity index (χ0v) is 10.9. The number of halogens is 1. The molecule has 1 saturated heterocycles. The zero-order chi connectivity index (χ0) is 14.0. The molecule has 0 bridgehead atoms. The average molecular weight is 265 g/mol. The van der Waals surface area contributed by atoms with E-state index in [0.717, 1.165) is 0 Å². The molecule has 2 rings (SSSR count). The Labute approximate surface area is 110 Å². The largest absolute Gasteiger partial charge is 0.339 e. The van der Waals surface area contributed by atoms with Gasteiger partial charge in [-0.3, -0.25) is 4.79 Å². The first-order valence-electron chi connectivity index (χ1n) is 6.05. The van der Waals surface area contributed by atoms with Crippen LogP contribution in [0.4, 0.5) is 14.9 Å². The summed E-state index contributed by atoms with van der Waals surface area (Å²) < 4.78 is 13.3. The van der Waals surface area contributed by atoms with Crippen LogP contribution in [0.15, 0.2) is 18.2 Å². The highest BCUT2D eigenvalue weighted by molar-refractivity contribution is 5.89. The number of hydrogen-bond acceptors (Lipinski definition) is 2. The lowest BCUT2D eigenvalue weighted by Crippen LogP contribution is -2.61. The molecule has 1 aliphatic heterocycles. The first-order chi connectivity index (χ1) is 8.95. The predicted octanol–water partition coefficient (Wildman–Crippen LogP) is 1.49. The second-order valence-electron chi connectivity index (χ2n) is 4.68. The summed E-state index contributed by atoms with van der Waals surface area (Å²) in [5.74, 6) is -0.358. The molecule has 2 N–H and O–H groups in total. The summed E-state index contributed by atoms with van der Waals surface area (Å²) >= 11 is 0. The van der Waals surface area contributed by atoms with Crippen LogP contribution in [-0.4, -0.2) is 36.0 Å². The molecule has 1 heterocycles. The SMILES string of the molecule is CC(=O)N1CC(NC(=O)Nc2ccc(C)c(F)c2)C1. The molecule has 1 aromatic carbocycles. The number of anilines is 1. The van der Waals surface area contributed by atoms with Gasteiger partial charge < -0.3 is 15.5 Å². The zero-order valence-electron chi connectivity index (χ0n) is 10.9. The van der Waals surface area contributed by atoms with E-state index in [0.29, 0.717) is 24.3 Å². The fourth-order valence-corrected chi connectivity index (χ4v) is 1.85. The van der Waals surface area contributed by atoms with E-state index in [4.69, 9.17) is 0 Å². The van der Waals surface area contributed by atoms with Gasteiger partial charge >= 0.3 is 6.03 Å². The summed E-state index contributed by atoms with van der Waals surface area (Å²) in [5.41, 5.74) is 0.936. The average Bonchev–Trinajstić information content (AvgIpc) is 2.27. The maximum Gasteiger partial charge on any atom is 0.319 e. The van der Waals surface area contributed by atoms with E-state index in [2.05, 4.69) is 10.6 Å². The molecule has 0 atom stereocenters. The first kappa shape index (κ1) is 13.3. The Hall–Kier alpha value is -2.11. The highest BCUT2D eigenvalue weighted by Gasteiger charge is 2.29. The molecular formula is C13H16FN3O2.